The van der Waals surface area contributed by atoms with E-state index in [0.29, 0.717) is 36.2 Å². The molecule has 9 heteroatoms. The molecule has 1 fully saturated rings. The zero-order chi connectivity index (χ0) is 27.0. The average molecular weight is 517 g/mol. The Kier molecular flexibility index (Phi) is 6.94. The van der Waals surface area contributed by atoms with Gasteiger partial charge in [0, 0.05) is 38.1 Å². The number of aliphatic hydroxyl groups is 1. The third kappa shape index (κ3) is 5.02. The number of benzene rings is 2. The molecule has 2 aliphatic rings. The van der Waals surface area contributed by atoms with E-state index in [1.807, 2.05) is 24.3 Å². The van der Waals surface area contributed by atoms with Gasteiger partial charge in [-0.05, 0) is 84.8 Å². The van der Waals surface area contributed by atoms with Gasteiger partial charge in [-0.25, -0.2) is 4.39 Å². The van der Waals surface area contributed by atoms with Gasteiger partial charge in [0.05, 0.1) is 17.4 Å². The molecule has 5 rings (SSSR count). The number of amides is 3. The summed E-state index contributed by atoms with van der Waals surface area (Å²) in [6.07, 6.45) is 4.31. The molecule has 8 nitrogen and oxygen atoms in total. The van der Waals surface area contributed by atoms with Gasteiger partial charge in [0.2, 0.25) is 5.91 Å². The Bertz CT molecular complexity index is 1390. The molecular formula is C29H29FN4O4. The first-order valence-electron chi connectivity index (χ1n) is 12.6. The summed E-state index contributed by atoms with van der Waals surface area (Å²) >= 11 is 0. The van der Waals surface area contributed by atoms with Crippen LogP contribution in [0, 0.1) is 11.7 Å². The number of likely N-dealkylation sites (N-methyl/N-ethyl adjacent to an activating group) is 1. The van der Waals surface area contributed by atoms with Gasteiger partial charge in [-0.1, -0.05) is 6.07 Å². The van der Waals surface area contributed by atoms with Gasteiger partial charge in [0.15, 0.2) is 0 Å². The summed E-state index contributed by atoms with van der Waals surface area (Å²) in [7, 11) is 1.64. The van der Waals surface area contributed by atoms with Crippen LogP contribution in [0.3, 0.4) is 0 Å². The summed E-state index contributed by atoms with van der Waals surface area (Å²) in [5, 5.41) is 12.2. The molecular weight excluding hydrogens is 487 g/mol. The van der Waals surface area contributed by atoms with Crippen molar-refractivity contribution in [2.24, 2.45) is 5.92 Å². The lowest BCUT2D eigenvalue weighted by atomic mass is 9.82. The average Bonchev–Trinajstić information content (AvgIpc) is 2.96. The Balaban J connectivity index is 1.40. The maximum atomic E-state index is 14.5. The molecule has 2 heterocycles. The van der Waals surface area contributed by atoms with E-state index in [9.17, 15) is 23.9 Å². The zero-order valence-corrected chi connectivity index (χ0v) is 21.2. The molecule has 196 valence electrons. The van der Waals surface area contributed by atoms with Gasteiger partial charge in [0.25, 0.3) is 11.8 Å². The Labute approximate surface area is 220 Å². The smallest absolute Gasteiger partial charge is 0.256 e. The number of hydrogen-bond acceptors (Lipinski definition) is 5. The molecule has 1 saturated carbocycles. The van der Waals surface area contributed by atoms with E-state index in [1.165, 1.54) is 15.9 Å². The lowest BCUT2D eigenvalue weighted by molar-refractivity contribution is -0.122. The predicted octanol–water partition coefficient (Wildman–Crippen LogP) is 3.40. The summed E-state index contributed by atoms with van der Waals surface area (Å²) < 4.78 is 14.5. The first-order valence-corrected chi connectivity index (χ1v) is 12.6. The second-order valence-electron chi connectivity index (χ2n) is 10.0. The van der Waals surface area contributed by atoms with Gasteiger partial charge in [-0.15, -0.1) is 0 Å². The number of aromatic nitrogens is 1. The summed E-state index contributed by atoms with van der Waals surface area (Å²) in [6, 6.07) is 12.2. The predicted molar refractivity (Wildman–Crippen MR) is 140 cm³/mol. The maximum absolute atomic E-state index is 14.5. The number of pyridine rings is 1. The van der Waals surface area contributed by atoms with E-state index in [-0.39, 0.29) is 35.9 Å². The third-order valence-corrected chi connectivity index (χ3v) is 7.35. The minimum Gasteiger partial charge on any atom is -0.393 e. The Morgan fingerprint density at radius 1 is 1.08 bits per heavy atom. The molecule has 1 aromatic heterocycles. The van der Waals surface area contributed by atoms with Crippen LogP contribution in [0.1, 0.15) is 46.0 Å². The van der Waals surface area contributed by atoms with Gasteiger partial charge in [-0.2, -0.15) is 0 Å². The molecule has 0 spiro atoms. The lowest BCUT2D eigenvalue weighted by Crippen LogP contribution is -2.45. The highest BCUT2D eigenvalue weighted by Crippen LogP contribution is 2.32. The molecule has 0 saturated heterocycles. The van der Waals surface area contributed by atoms with Crippen LogP contribution in [-0.2, 0) is 11.3 Å². The van der Waals surface area contributed by atoms with Crippen molar-refractivity contribution >= 4 is 23.4 Å². The highest BCUT2D eigenvalue weighted by Gasteiger charge is 2.36. The molecule has 1 aliphatic heterocycles. The molecule has 0 bridgehead atoms. The van der Waals surface area contributed by atoms with Gasteiger partial charge in [-0.3, -0.25) is 19.4 Å². The number of carbonyl (C=O) groups excluding carboxylic acids is 3. The van der Waals surface area contributed by atoms with Crippen molar-refractivity contribution in [3.05, 3.63) is 83.4 Å². The number of anilines is 1. The molecule has 2 N–H and O–H groups in total. The molecule has 38 heavy (non-hydrogen) atoms. The standard InChI is InChI=1S/C29H29FN4O4/c1-17-28(37)33(2)26-14-21(20-5-7-31-8-6-20)3-4-25(26)29(38)34(17)16-19-9-22(13-23(30)10-19)27(36)32-15-18-11-24(35)12-18/h3-10,13-14,17-18,24,35H,11-12,15-16H2,1-2H3,(H,32,36)/t17-,18-,24+/m1/s1. The summed E-state index contributed by atoms with van der Waals surface area (Å²) in [5.41, 5.74) is 3.15. The van der Waals surface area contributed by atoms with Crippen LogP contribution in [-0.4, -0.2) is 58.5 Å². The minimum atomic E-state index is -0.810. The highest BCUT2D eigenvalue weighted by molar-refractivity contribution is 6.11. The summed E-state index contributed by atoms with van der Waals surface area (Å²) in [4.78, 5) is 46.6. The van der Waals surface area contributed by atoms with Gasteiger partial charge >= 0.3 is 0 Å². The second kappa shape index (κ2) is 10.3. The maximum Gasteiger partial charge on any atom is 0.256 e. The van der Waals surface area contributed by atoms with Crippen LogP contribution in [0.5, 0.6) is 0 Å². The zero-order valence-electron chi connectivity index (χ0n) is 21.2. The third-order valence-electron chi connectivity index (χ3n) is 7.35. The number of fused-ring (bicyclic) bond motifs is 1. The lowest BCUT2D eigenvalue weighted by Gasteiger charge is -2.31. The van der Waals surface area contributed by atoms with E-state index in [2.05, 4.69) is 10.3 Å². The molecule has 2 aromatic carbocycles. The molecule has 3 aromatic rings. The Hall–Kier alpha value is -4.11. The van der Waals surface area contributed by atoms with Crippen LogP contribution in [0.2, 0.25) is 0 Å². The first-order chi connectivity index (χ1) is 18.2. The molecule has 1 aliphatic carbocycles. The van der Waals surface area contributed by atoms with E-state index in [1.54, 1.807) is 38.5 Å². The van der Waals surface area contributed by atoms with Crippen molar-refractivity contribution in [1.29, 1.82) is 0 Å². The Morgan fingerprint density at radius 2 is 1.82 bits per heavy atom. The summed E-state index contributed by atoms with van der Waals surface area (Å²) in [6.45, 7) is 2.01. The van der Waals surface area contributed by atoms with Gasteiger partial charge < -0.3 is 20.2 Å². The summed E-state index contributed by atoms with van der Waals surface area (Å²) in [5.74, 6) is -1.45. The Morgan fingerprint density at radius 3 is 2.53 bits per heavy atom. The second-order valence-corrected chi connectivity index (χ2v) is 10.0. The van der Waals surface area contributed by atoms with Gasteiger partial charge in [0.1, 0.15) is 11.9 Å². The minimum absolute atomic E-state index is 0.0437. The van der Waals surface area contributed by atoms with E-state index in [0.717, 1.165) is 17.2 Å². The highest BCUT2D eigenvalue weighted by atomic mass is 19.1. The van der Waals surface area contributed by atoms with E-state index in [4.69, 9.17) is 0 Å². The number of rotatable bonds is 6. The van der Waals surface area contributed by atoms with Crippen molar-refractivity contribution in [1.82, 2.24) is 15.2 Å². The van der Waals surface area contributed by atoms with E-state index < -0.39 is 17.8 Å². The van der Waals surface area contributed by atoms with Crippen LogP contribution in [0.4, 0.5) is 10.1 Å². The quantitative estimate of drug-likeness (QED) is 0.523. The molecule has 0 unspecified atom stereocenters. The van der Waals surface area contributed by atoms with Crippen LogP contribution < -0.4 is 10.2 Å². The number of carbonyl (C=O) groups is 3. The fourth-order valence-corrected chi connectivity index (χ4v) is 5.06. The number of hydrogen-bond donors (Lipinski definition) is 2. The topological polar surface area (TPSA) is 103 Å². The van der Waals surface area contributed by atoms with E-state index >= 15 is 0 Å². The monoisotopic (exact) mass is 516 g/mol. The normalized spacial score (nSPS) is 21.0. The number of halogens is 1. The first kappa shape index (κ1) is 25.5. The van der Waals surface area contributed by atoms with Crippen LogP contribution in [0.15, 0.2) is 60.9 Å². The molecule has 1 atom stereocenters. The fraction of sp³-hybridized carbons (Fsp3) is 0.310. The number of nitrogens with one attached hydrogen (secondary N) is 1. The van der Waals surface area contributed by atoms with Crippen molar-refractivity contribution in [2.45, 2.75) is 38.5 Å². The van der Waals surface area contributed by atoms with Crippen LogP contribution >= 0.6 is 0 Å². The largest absolute Gasteiger partial charge is 0.393 e. The fourth-order valence-electron chi connectivity index (χ4n) is 5.06. The SMILES string of the molecule is C[C@@H]1C(=O)N(C)c2cc(-c3ccncc3)ccc2C(=O)N1Cc1cc(F)cc(C(=O)NC[C@H]2C[C@@H](O)C2)c1. The van der Waals surface area contributed by atoms with Crippen molar-refractivity contribution < 1.29 is 23.9 Å². The molecule has 0 radical (unpaired) electrons. The van der Waals surface area contributed by atoms with Crippen molar-refractivity contribution in [3.8, 4) is 11.1 Å². The van der Waals surface area contributed by atoms with Crippen LogP contribution in [0.25, 0.3) is 11.1 Å². The van der Waals surface area contributed by atoms with Crippen molar-refractivity contribution in [2.75, 3.05) is 18.5 Å². The number of aliphatic hydroxyl groups excluding tert-OH is 1. The molecule has 3 amide bonds. The number of nitrogens with zero attached hydrogens (tertiary/aromatic N) is 3. The van der Waals surface area contributed by atoms with Crippen molar-refractivity contribution in [3.63, 3.8) is 0 Å².